The second-order valence-electron chi connectivity index (χ2n) is 3.13. The van der Waals surface area contributed by atoms with Crippen molar-refractivity contribution in [1.82, 2.24) is 30.6 Å². The van der Waals surface area contributed by atoms with Crippen molar-refractivity contribution in [3.05, 3.63) is 5.82 Å². The van der Waals surface area contributed by atoms with E-state index in [0.29, 0.717) is 12.4 Å². The fourth-order valence-electron chi connectivity index (χ4n) is 1.30. The number of hydrogen-bond acceptors (Lipinski definition) is 6. The molecule has 0 saturated carbocycles. The van der Waals surface area contributed by atoms with Crippen LogP contribution in [0.25, 0.3) is 0 Å². The summed E-state index contributed by atoms with van der Waals surface area (Å²) < 4.78 is 5.23. The molecule has 1 aliphatic heterocycles. The molecule has 0 bridgehead atoms. The van der Waals surface area contributed by atoms with E-state index in [2.05, 4.69) is 25.8 Å². The number of hydrogen-bond donors (Lipinski definition) is 1. The Morgan fingerprint density at radius 3 is 2.86 bits per heavy atom. The molecule has 7 nitrogen and oxygen atoms in total. The monoisotopic (exact) mass is 198 g/mol. The van der Waals surface area contributed by atoms with E-state index in [1.54, 1.807) is 7.05 Å². The number of aryl methyl sites for hydroxylation is 1. The maximum absolute atomic E-state index is 5.23. The van der Waals surface area contributed by atoms with Gasteiger partial charge in [-0.25, -0.2) is 10.4 Å². The summed E-state index contributed by atoms with van der Waals surface area (Å²) in [7, 11) is 1.76. The van der Waals surface area contributed by atoms with Crippen molar-refractivity contribution in [1.29, 1.82) is 0 Å². The molecule has 0 aliphatic carbocycles. The fraction of sp³-hybridized carbons (Fsp3) is 0.857. The van der Waals surface area contributed by atoms with Gasteiger partial charge in [0.1, 0.15) is 0 Å². The van der Waals surface area contributed by atoms with E-state index < -0.39 is 0 Å². The lowest BCUT2D eigenvalue weighted by Gasteiger charge is -2.26. The second-order valence-corrected chi connectivity index (χ2v) is 3.13. The average molecular weight is 198 g/mol. The van der Waals surface area contributed by atoms with Gasteiger partial charge in [0, 0.05) is 13.1 Å². The summed E-state index contributed by atoms with van der Waals surface area (Å²) >= 11 is 0. The van der Waals surface area contributed by atoms with Crippen molar-refractivity contribution < 1.29 is 4.74 Å². The highest BCUT2D eigenvalue weighted by Gasteiger charge is 2.10. The topological polar surface area (TPSA) is 68.1 Å². The first-order chi connectivity index (χ1) is 6.84. The molecule has 2 heterocycles. The van der Waals surface area contributed by atoms with Gasteiger partial charge in [-0.05, 0) is 5.21 Å². The fourth-order valence-corrected chi connectivity index (χ4v) is 1.30. The smallest absolute Gasteiger partial charge is 0.189 e. The Kier molecular flexibility index (Phi) is 3.02. The van der Waals surface area contributed by atoms with Crippen LogP contribution < -0.4 is 5.43 Å². The molecule has 1 N–H and O–H groups in total. The van der Waals surface area contributed by atoms with Gasteiger partial charge in [0.05, 0.1) is 26.8 Å². The number of morpholine rings is 1. The number of ether oxygens (including phenoxy) is 1. The lowest BCUT2D eigenvalue weighted by Crippen LogP contribution is -2.45. The molecule has 0 spiro atoms. The first-order valence-corrected chi connectivity index (χ1v) is 4.63. The molecule has 1 aliphatic rings. The van der Waals surface area contributed by atoms with E-state index in [1.807, 2.05) is 0 Å². The minimum Gasteiger partial charge on any atom is -0.379 e. The van der Waals surface area contributed by atoms with Gasteiger partial charge < -0.3 is 4.74 Å². The SMILES string of the molecule is Cn1nnc(CNN2CCOCC2)n1. The van der Waals surface area contributed by atoms with Gasteiger partial charge >= 0.3 is 0 Å². The molecule has 1 saturated heterocycles. The zero-order valence-electron chi connectivity index (χ0n) is 8.18. The Hall–Kier alpha value is -1.05. The lowest BCUT2D eigenvalue weighted by molar-refractivity contribution is 0.0101. The minimum absolute atomic E-state index is 0.619. The van der Waals surface area contributed by atoms with Crippen molar-refractivity contribution in [2.75, 3.05) is 26.3 Å². The van der Waals surface area contributed by atoms with Crippen molar-refractivity contribution >= 4 is 0 Å². The number of rotatable bonds is 3. The number of tetrazole rings is 1. The van der Waals surface area contributed by atoms with Crippen LogP contribution in [0.3, 0.4) is 0 Å². The zero-order valence-corrected chi connectivity index (χ0v) is 8.18. The van der Waals surface area contributed by atoms with Crippen LogP contribution in [0, 0.1) is 0 Å². The average Bonchev–Trinajstić information content (AvgIpc) is 2.63. The Bertz CT molecular complexity index is 281. The van der Waals surface area contributed by atoms with Gasteiger partial charge in [-0.3, -0.25) is 0 Å². The number of hydrazine groups is 1. The summed E-state index contributed by atoms with van der Waals surface area (Å²) in [5.41, 5.74) is 3.23. The second kappa shape index (κ2) is 4.45. The van der Waals surface area contributed by atoms with Crippen LogP contribution in [0.4, 0.5) is 0 Å². The van der Waals surface area contributed by atoms with Crippen LogP contribution >= 0.6 is 0 Å². The predicted octanol–water partition coefficient (Wildman–Crippen LogP) is -1.45. The number of aromatic nitrogens is 4. The van der Waals surface area contributed by atoms with E-state index in [0.717, 1.165) is 26.3 Å². The molecule has 0 atom stereocenters. The van der Waals surface area contributed by atoms with Gasteiger partial charge in [-0.2, -0.15) is 4.80 Å². The van der Waals surface area contributed by atoms with E-state index in [-0.39, 0.29) is 0 Å². The van der Waals surface area contributed by atoms with E-state index >= 15 is 0 Å². The van der Waals surface area contributed by atoms with Crippen LogP contribution in [-0.2, 0) is 18.3 Å². The van der Waals surface area contributed by atoms with Crippen LogP contribution in [0.2, 0.25) is 0 Å². The minimum atomic E-state index is 0.619. The quantitative estimate of drug-likeness (QED) is 0.640. The Balaban J connectivity index is 1.76. The van der Waals surface area contributed by atoms with Gasteiger partial charge in [0.15, 0.2) is 5.82 Å². The van der Waals surface area contributed by atoms with Crippen LogP contribution in [0.1, 0.15) is 5.82 Å². The number of nitrogens with one attached hydrogen (secondary N) is 1. The molecule has 2 rings (SSSR count). The first-order valence-electron chi connectivity index (χ1n) is 4.63. The Morgan fingerprint density at radius 2 is 2.21 bits per heavy atom. The van der Waals surface area contributed by atoms with E-state index in [9.17, 15) is 0 Å². The first kappa shape index (κ1) is 9.50. The highest BCUT2D eigenvalue weighted by molar-refractivity contribution is 4.74. The highest BCUT2D eigenvalue weighted by Crippen LogP contribution is 1.93. The zero-order chi connectivity index (χ0) is 9.80. The molecular weight excluding hydrogens is 184 g/mol. The van der Waals surface area contributed by atoms with Crippen molar-refractivity contribution in [3.63, 3.8) is 0 Å². The third-order valence-electron chi connectivity index (χ3n) is 2.02. The van der Waals surface area contributed by atoms with Crippen molar-refractivity contribution in [2.45, 2.75) is 6.54 Å². The summed E-state index contributed by atoms with van der Waals surface area (Å²) in [5.74, 6) is 0.707. The molecule has 7 heteroatoms. The summed E-state index contributed by atoms with van der Waals surface area (Å²) in [6.45, 7) is 3.98. The van der Waals surface area contributed by atoms with Gasteiger partial charge in [-0.15, -0.1) is 10.2 Å². The molecule has 1 aromatic heterocycles. The van der Waals surface area contributed by atoms with Crippen LogP contribution in [0.15, 0.2) is 0 Å². The Morgan fingerprint density at radius 1 is 1.43 bits per heavy atom. The Labute approximate surface area is 82.0 Å². The van der Waals surface area contributed by atoms with Crippen molar-refractivity contribution in [2.24, 2.45) is 7.05 Å². The normalized spacial score (nSPS) is 18.6. The molecule has 78 valence electrons. The summed E-state index contributed by atoms with van der Waals surface area (Å²) in [6.07, 6.45) is 0. The summed E-state index contributed by atoms with van der Waals surface area (Å²) in [6, 6.07) is 0. The third kappa shape index (κ3) is 2.47. The number of nitrogens with zero attached hydrogens (tertiary/aromatic N) is 5. The molecule has 0 amide bonds. The van der Waals surface area contributed by atoms with E-state index in [4.69, 9.17) is 4.74 Å². The standard InChI is InChI=1S/C7H14N6O/c1-12-10-7(9-11-12)6-8-13-2-4-14-5-3-13/h8H,2-6H2,1H3. The molecule has 14 heavy (non-hydrogen) atoms. The third-order valence-corrected chi connectivity index (χ3v) is 2.02. The van der Waals surface area contributed by atoms with Crippen LogP contribution in [-0.4, -0.2) is 51.5 Å². The molecule has 0 aromatic carbocycles. The van der Waals surface area contributed by atoms with Gasteiger partial charge in [0.25, 0.3) is 0 Å². The molecule has 0 radical (unpaired) electrons. The predicted molar refractivity (Wildman–Crippen MR) is 48.0 cm³/mol. The van der Waals surface area contributed by atoms with E-state index in [1.165, 1.54) is 4.80 Å². The molecular formula is C7H14N6O. The molecule has 0 unspecified atom stereocenters. The summed E-state index contributed by atoms with van der Waals surface area (Å²) in [5, 5.41) is 13.8. The van der Waals surface area contributed by atoms with Gasteiger partial charge in [-0.1, -0.05) is 0 Å². The summed E-state index contributed by atoms with van der Waals surface area (Å²) in [4.78, 5) is 1.45. The van der Waals surface area contributed by atoms with Crippen LogP contribution in [0.5, 0.6) is 0 Å². The molecule has 1 aromatic rings. The van der Waals surface area contributed by atoms with Gasteiger partial charge in [0.2, 0.25) is 0 Å². The molecule has 1 fully saturated rings. The lowest BCUT2D eigenvalue weighted by atomic mass is 10.5. The van der Waals surface area contributed by atoms with Crippen molar-refractivity contribution in [3.8, 4) is 0 Å². The maximum Gasteiger partial charge on any atom is 0.189 e. The maximum atomic E-state index is 5.23. The largest absolute Gasteiger partial charge is 0.379 e. The highest BCUT2D eigenvalue weighted by atomic mass is 16.5.